The molecule has 1 heterocycles. The molecule has 1 aromatic rings. The van der Waals surface area contributed by atoms with Gasteiger partial charge in [-0.05, 0) is 6.07 Å². The minimum atomic E-state index is -2.79. The number of hydrogen-bond acceptors (Lipinski definition) is 4. The van der Waals surface area contributed by atoms with E-state index in [1.807, 2.05) is 12.1 Å². The highest BCUT2D eigenvalue weighted by Gasteiger charge is 2.18. The summed E-state index contributed by atoms with van der Waals surface area (Å²) in [6, 6.07) is 6.91. The summed E-state index contributed by atoms with van der Waals surface area (Å²) in [5, 5.41) is 8.90. The van der Waals surface area contributed by atoms with Crippen LogP contribution in [-0.4, -0.2) is 60.8 Å². The number of hydrogen-bond donors (Lipinski definition) is 1. The molecule has 0 atom stereocenters. The van der Waals surface area contributed by atoms with Gasteiger partial charge in [0.05, 0.1) is 6.61 Å². The van der Waals surface area contributed by atoms with Gasteiger partial charge in [0.2, 0.25) is 0 Å². The van der Waals surface area contributed by atoms with Gasteiger partial charge in [0.1, 0.15) is 5.75 Å². The Bertz CT molecular complexity index is 410. The molecule has 0 spiro atoms. The lowest BCUT2D eigenvalue weighted by Crippen LogP contribution is -2.46. The van der Waals surface area contributed by atoms with Crippen molar-refractivity contribution in [2.24, 2.45) is 0 Å². The van der Waals surface area contributed by atoms with E-state index in [-0.39, 0.29) is 12.4 Å². The molecule has 1 saturated heterocycles. The maximum atomic E-state index is 12.3. The van der Waals surface area contributed by atoms with E-state index >= 15 is 0 Å². The lowest BCUT2D eigenvalue weighted by atomic mass is 10.1. The number of benzene rings is 1. The number of β-amino-alcohol motifs (C(OH)–C–C–N with tert-alkyl or cyclic N) is 1. The number of para-hydroxylation sites is 1. The van der Waals surface area contributed by atoms with Crippen molar-refractivity contribution in [2.45, 2.75) is 13.2 Å². The number of aliphatic hydroxyl groups is 1. The van der Waals surface area contributed by atoms with Crippen molar-refractivity contribution in [3.05, 3.63) is 29.8 Å². The van der Waals surface area contributed by atoms with Gasteiger partial charge in [-0.2, -0.15) is 8.78 Å². The summed E-state index contributed by atoms with van der Waals surface area (Å²) in [5.74, 6) is 0.250. The molecule has 0 bridgehead atoms. The maximum absolute atomic E-state index is 12.3. The molecule has 20 heavy (non-hydrogen) atoms. The second kappa shape index (κ2) is 7.52. The van der Waals surface area contributed by atoms with Gasteiger partial charge < -0.3 is 9.84 Å². The van der Waals surface area contributed by atoms with Crippen LogP contribution in [0.3, 0.4) is 0 Å². The zero-order chi connectivity index (χ0) is 14.4. The molecule has 1 aromatic carbocycles. The van der Waals surface area contributed by atoms with Gasteiger partial charge in [-0.1, -0.05) is 18.2 Å². The monoisotopic (exact) mass is 286 g/mol. The van der Waals surface area contributed by atoms with Crippen LogP contribution in [0.25, 0.3) is 0 Å². The predicted octanol–water partition coefficient (Wildman–Crippen LogP) is 1.40. The molecule has 6 heteroatoms. The predicted molar refractivity (Wildman–Crippen MR) is 71.9 cm³/mol. The summed E-state index contributed by atoms with van der Waals surface area (Å²) in [4.78, 5) is 4.40. The maximum Gasteiger partial charge on any atom is 0.387 e. The Balaban J connectivity index is 1.91. The molecule has 1 N–H and O–H groups in total. The zero-order valence-electron chi connectivity index (χ0n) is 11.3. The van der Waals surface area contributed by atoms with Crippen LogP contribution in [0.4, 0.5) is 8.78 Å². The minimum absolute atomic E-state index is 0.172. The quantitative estimate of drug-likeness (QED) is 0.857. The average molecular weight is 286 g/mol. The van der Waals surface area contributed by atoms with Crippen molar-refractivity contribution in [3.8, 4) is 5.75 Å². The van der Waals surface area contributed by atoms with E-state index in [9.17, 15) is 8.78 Å². The van der Waals surface area contributed by atoms with Crippen molar-refractivity contribution in [1.29, 1.82) is 0 Å². The van der Waals surface area contributed by atoms with E-state index in [1.165, 1.54) is 0 Å². The van der Waals surface area contributed by atoms with Crippen molar-refractivity contribution in [1.82, 2.24) is 9.80 Å². The van der Waals surface area contributed by atoms with E-state index in [0.29, 0.717) is 13.1 Å². The van der Waals surface area contributed by atoms with Gasteiger partial charge in [-0.25, -0.2) is 0 Å². The number of piperazine rings is 1. The average Bonchev–Trinajstić information content (AvgIpc) is 2.43. The first-order valence-electron chi connectivity index (χ1n) is 6.77. The largest absolute Gasteiger partial charge is 0.434 e. The third-order valence-electron chi connectivity index (χ3n) is 3.46. The highest BCUT2D eigenvalue weighted by Crippen LogP contribution is 2.22. The van der Waals surface area contributed by atoms with Gasteiger partial charge in [-0.15, -0.1) is 0 Å². The molecule has 0 saturated carbocycles. The Labute approximate surface area is 117 Å². The number of alkyl halides is 2. The zero-order valence-corrected chi connectivity index (χ0v) is 11.3. The lowest BCUT2D eigenvalue weighted by Gasteiger charge is -2.34. The lowest BCUT2D eigenvalue weighted by molar-refractivity contribution is -0.0508. The molecule has 1 aliphatic rings. The number of halogens is 2. The molecule has 0 amide bonds. The van der Waals surface area contributed by atoms with E-state index in [2.05, 4.69) is 14.5 Å². The van der Waals surface area contributed by atoms with Gasteiger partial charge >= 0.3 is 6.61 Å². The standard InChI is InChI=1S/C14H20F2N2O2/c15-14(16)20-13-4-2-1-3-12(13)11-18-7-5-17(6-8-18)9-10-19/h1-4,14,19H,5-11H2. The highest BCUT2D eigenvalue weighted by molar-refractivity contribution is 5.33. The fraction of sp³-hybridized carbons (Fsp3) is 0.571. The summed E-state index contributed by atoms with van der Waals surface area (Å²) < 4.78 is 29.2. The molecular formula is C14H20F2N2O2. The fourth-order valence-electron chi connectivity index (χ4n) is 2.40. The van der Waals surface area contributed by atoms with Crippen molar-refractivity contribution < 1.29 is 18.6 Å². The van der Waals surface area contributed by atoms with E-state index in [4.69, 9.17) is 5.11 Å². The molecule has 0 aromatic heterocycles. The third kappa shape index (κ3) is 4.40. The van der Waals surface area contributed by atoms with Crippen LogP contribution in [0.5, 0.6) is 5.75 Å². The van der Waals surface area contributed by atoms with Crippen LogP contribution >= 0.6 is 0 Å². The van der Waals surface area contributed by atoms with Crippen molar-refractivity contribution in [2.75, 3.05) is 39.3 Å². The summed E-state index contributed by atoms with van der Waals surface area (Å²) in [6.07, 6.45) is 0. The molecule has 1 fully saturated rings. The molecule has 0 aliphatic carbocycles. The Morgan fingerprint density at radius 2 is 1.75 bits per heavy atom. The van der Waals surface area contributed by atoms with Crippen molar-refractivity contribution in [3.63, 3.8) is 0 Å². The van der Waals surface area contributed by atoms with Crippen molar-refractivity contribution >= 4 is 0 Å². The Morgan fingerprint density at radius 3 is 2.40 bits per heavy atom. The number of rotatable bonds is 6. The summed E-state index contributed by atoms with van der Waals surface area (Å²) >= 11 is 0. The topological polar surface area (TPSA) is 35.9 Å². The normalized spacial score (nSPS) is 17.6. The second-order valence-corrected chi connectivity index (χ2v) is 4.83. The molecule has 4 nitrogen and oxygen atoms in total. The van der Waals surface area contributed by atoms with Gasteiger partial charge in [0.15, 0.2) is 0 Å². The molecule has 0 unspecified atom stereocenters. The Kier molecular flexibility index (Phi) is 5.70. The van der Waals surface area contributed by atoms with Crippen LogP contribution in [0, 0.1) is 0 Å². The summed E-state index contributed by atoms with van der Waals surface area (Å²) in [7, 11) is 0. The molecule has 2 rings (SSSR count). The summed E-state index contributed by atoms with van der Waals surface area (Å²) in [6.45, 7) is 2.18. The minimum Gasteiger partial charge on any atom is -0.434 e. The first-order valence-corrected chi connectivity index (χ1v) is 6.77. The number of aliphatic hydroxyl groups excluding tert-OH is 1. The van der Waals surface area contributed by atoms with Crippen LogP contribution in [0.15, 0.2) is 24.3 Å². The molecular weight excluding hydrogens is 266 g/mol. The van der Waals surface area contributed by atoms with E-state index in [0.717, 1.165) is 31.7 Å². The number of ether oxygens (including phenoxy) is 1. The van der Waals surface area contributed by atoms with Crippen LogP contribution < -0.4 is 4.74 Å². The summed E-state index contributed by atoms with van der Waals surface area (Å²) in [5.41, 5.74) is 0.781. The molecule has 0 radical (unpaired) electrons. The van der Waals surface area contributed by atoms with Gasteiger partial charge in [0, 0.05) is 44.8 Å². The Morgan fingerprint density at radius 1 is 1.10 bits per heavy atom. The smallest absolute Gasteiger partial charge is 0.387 e. The Hall–Kier alpha value is -1.24. The first kappa shape index (κ1) is 15.2. The highest BCUT2D eigenvalue weighted by atomic mass is 19.3. The van der Waals surface area contributed by atoms with Crippen LogP contribution in [0.1, 0.15) is 5.56 Å². The third-order valence-corrected chi connectivity index (χ3v) is 3.46. The SMILES string of the molecule is OCCN1CCN(Cc2ccccc2OC(F)F)CC1. The van der Waals surface area contributed by atoms with Gasteiger partial charge in [-0.3, -0.25) is 9.80 Å². The molecule has 112 valence electrons. The van der Waals surface area contributed by atoms with Gasteiger partial charge in [0.25, 0.3) is 0 Å². The van der Waals surface area contributed by atoms with Crippen LogP contribution in [-0.2, 0) is 6.54 Å². The van der Waals surface area contributed by atoms with E-state index in [1.54, 1.807) is 12.1 Å². The molecule has 1 aliphatic heterocycles. The van der Waals surface area contributed by atoms with Crippen LogP contribution in [0.2, 0.25) is 0 Å². The number of nitrogens with zero attached hydrogens (tertiary/aromatic N) is 2. The van der Waals surface area contributed by atoms with E-state index < -0.39 is 6.61 Å². The first-order chi connectivity index (χ1) is 9.69. The second-order valence-electron chi connectivity index (χ2n) is 4.83. The fourth-order valence-corrected chi connectivity index (χ4v) is 2.40.